The van der Waals surface area contributed by atoms with Gasteiger partial charge in [0.15, 0.2) is 0 Å². The van der Waals surface area contributed by atoms with Crippen LogP contribution >= 0.6 is 11.6 Å². The maximum Gasteiger partial charge on any atom is 0.0408 e. The molecule has 0 bridgehead atoms. The molecule has 1 spiro atoms. The standard InChI is InChI=1S/C14H18ClN/c15-12-3-4-13-10(9-12)1-2-11(5-8-16)14(13)6-7-14/h3-4,9,11H,1-2,5-8,16H2. The maximum absolute atomic E-state index is 6.07. The predicted molar refractivity (Wildman–Crippen MR) is 67.8 cm³/mol. The average Bonchev–Trinajstić information content (AvgIpc) is 3.04. The molecular formula is C14H18ClN. The minimum absolute atomic E-state index is 0.484. The Bertz CT molecular complexity index is 409. The Morgan fingerprint density at radius 1 is 1.38 bits per heavy atom. The molecular weight excluding hydrogens is 218 g/mol. The second-order valence-corrected chi connectivity index (χ2v) is 5.71. The molecule has 0 aromatic heterocycles. The van der Waals surface area contributed by atoms with Crippen molar-refractivity contribution in [2.24, 2.45) is 11.7 Å². The lowest BCUT2D eigenvalue weighted by Crippen LogP contribution is -2.29. The van der Waals surface area contributed by atoms with Gasteiger partial charge in [-0.25, -0.2) is 0 Å². The minimum Gasteiger partial charge on any atom is -0.330 e. The molecule has 0 heterocycles. The van der Waals surface area contributed by atoms with Gasteiger partial charge in [0.2, 0.25) is 0 Å². The Morgan fingerprint density at radius 2 is 2.19 bits per heavy atom. The molecule has 2 heteroatoms. The summed E-state index contributed by atoms with van der Waals surface area (Å²) in [4.78, 5) is 0. The second-order valence-electron chi connectivity index (χ2n) is 5.27. The van der Waals surface area contributed by atoms with Crippen LogP contribution in [0.3, 0.4) is 0 Å². The lowest BCUT2D eigenvalue weighted by Gasteiger charge is -2.34. The van der Waals surface area contributed by atoms with E-state index in [9.17, 15) is 0 Å². The van der Waals surface area contributed by atoms with Crippen molar-refractivity contribution in [3.8, 4) is 0 Å². The van der Waals surface area contributed by atoms with Crippen LogP contribution in [0.2, 0.25) is 5.02 Å². The fourth-order valence-electron chi connectivity index (χ4n) is 3.51. The van der Waals surface area contributed by atoms with Gasteiger partial charge in [0.25, 0.3) is 0 Å². The van der Waals surface area contributed by atoms with Gasteiger partial charge in [0, 0.05) is 5.02 Å². The largest absolute Gasteiger partial charge is 0.330 e. The summed E-state index contributed by atoms with van der Waals surface area (Å²) in [5.74, 6) is 0.811. The van der Waals surface area contributed by atoms with E-state index in [0.29, 0.717) is 5.41 Å². The first-order chi connectivity index (χ1) is 7.76. The van der Waals surface area contributed by atoms with E-state index in [-0.39, 0.29) is 0 Å². The number of hydrogen-bond donors (Lipinski definition) is 1. The van der Waals surface area contributed by atoms with E-state index in [2.05, 4.69) is 12.1 Å². The molecule has 0 saturated heterocycles. The van der Waals surface area contributed by atoms with Crippen LogP contribution in [-0.2, 0) is 11.8 Å². The predicted octanol–water partition coefficient (Wildman–Crippen LogP) is 3.28. The zero-order valence-corrected chi connectivity index (χ0v) is 10.3. The quantitative estimate of drug-likeness (QED) is 0.837. The van der Waals surface area contributed by atoms with Crippen LogP contribution in [0.25, 0.3) is 0 Å². The van der Waals surface area contributed by atoms with Gasteiger partial charge in [0.05, 0.1) is 0 Å². The fraction of sp³-hybridized carbons (Fsp3) is 0.571. The number of nitrogens with two attached hydrogens (primary N) is 1. The van der Waals surface area contributed by atoms with E-state index >= 15 is 0 Å². The third-order valence-corrected chi connectivity index (χ3v) is 4.69. The molecule has 1 nitrogen and oxygen atoms in total. The van der Waals surface area contributed by atoms with Gasteiger partial charge < -0.3 is 5.73 Å². The van der Waals surface area contributed by atoms with Crippen molar-refractivity contribution in [2.75, 3.05) is 6.54 Å². The number of fused-ring (bicyclic) bond motifs is 2. The van der Waals surface area contributed by atoms with Crippen molar-refractivity contribution >= 4 is 11.6 Å². The monoisotopic (exact) mass is 235 g/mol. The Morgan fingerprint density at radius 3 is 2.88 bits per heavy atom. The first kappa shape index (κ1) is 10.6. The smallest absolute Gasteiger partial charge is 0.0408 e. The fourth-order valence-corrected chi connectivity index (χ4v) is 3.71. The van der Waals surface area contributed by atoms with E-state index < -0.39 is 0 Å². The number of benzene rings is 1. The molecule has 0 amide bonds. The van der Waals surface area contributed by atoms with Crippen molar-refractivity contribution in [3.05, 3.63) is 34.3 Å². The number of hydrogen-bond acceptors (Lipinski definition) is 1. The first-order valence-corrected chi connectivity index (χ1v) is 6.63. The molecule has 1 fully saturated rings. The van der Waals surface area contributed by atoms with E-state index in [1.807, 2.05) is 6.07 Å². The molecule has 1 unspecified atom stereocenters. The molecule has 3 rings (SSSR count). The highest BCUT2D eigenvalue weighted by molar-refractivity contribution is 6.30. The minimum atomic E-state index is 0.484. The van der Waals surface area contributed by atoms with Crippen LogP contribution in [-0.4, -0.2) is 6.54 Å². The Hall–Kier alpha value is -0.530. The van der Waals surface area contributed by atoms with Crippen molar-refractivity contribution < 1.29 is 0 Å². The Balaban J connectivity index is 1.99. The van der Waals surface area contributed by atoms with Gasteiger partial charge in [0.1, 0.15) is 0 Å². The zero-order chi connectivity index (χ0) is 11.2. The Kier molecular flexibility index (Phi) is 2.49. The topological polar surface area (TPSA) is 26.0 Å². The van der Waals surface area contributed by atoms with Crippen molar-refractivity contribution in [1.29, 1.82) is 0 Å². The van der Waals surface area contributed by atoms with Gasteiger partial charge in [-0.3, -0.25) is 0 Å². The molecule has 16 heavy (non-hydrogen) atoms. The van der Waals surface area contributed by atoms with Crippen molar-refractivity contribution in [1.82, 2.24) is 0 Å². The SMILES string of the molecule is NCCC1CCc2cc(Cl)ccc2C12CC2. The van der Waals surface area contributed by atoms with Gasteiger partial charge >= 0.3 is 0 Å². The highest BCUT2D eigenvalue weighted by Crippen LogP contribution is 2.59. The van der Waals surface area contributed by atoms with Crippen LogP contribution in [0.1, 0.15) is 36.8 Å². The first-order valence-electron chi connectivity index (χ1n) is 6.25. The van der Waals surface area contributed by atoms with Crippen LogP contribution in [0.5, 0.6) is 0 Å². The van der Waals surface area contributed by atoms with E-state index in [0.717, 1.165) is 17.5 Å². The number of rotatable bonds is 2. The summed E-state index contributed by atoms with van der Waals surface area (Å²) in [5.41, 5.74) is 9.27. The maximum atomic E-state index is 6.07. The van der Waals surface area contributed by atoms with Crippen molar-refractivity contribution in [3.63, 3.8) is 0 Å². The van der Waals surface area contributed by atoms with E-state index in [4.69, 9.17) is 17.3 Å². The third-order valence-electron chi connectivity index (χ3n) is 4.45. The molecule has 0 aliphatic heterocycles. The Labute approximate surface area is 102 Å². The average molecular weight is 236 g/mol. The highest BCUT2D eigenvalue weighted by atomic mass is 35.5. The molecule has 2 aliphatic carbocycles. The molecule has 1 aromatic carbocycles. The molecule has 1 aromatic rings. The molecule has 2 aliphatic rings. The summed E-state index contributed by atoms with van der Waals surface area (Å²) >= 11 is 6.07. The summed E-state index contributed by atoms with van der Waals surface area (Å²) in [6.45, 7) is 0.829. The molecule has 2 N–H and O–H groups in total. The van der Waals surface area contributed by atoms with E-state index in [1.54, 1.807) is 5.56 Å². The summed E-state index contributed by atoms with van der Waals surface area (Å²) in [6.07, 6.45) is 6.37. The van der Waals surface area contributed by atoms with Gasteiger partial charge in [-0.1, -0.05) is 17.7 Å². The highest BCUT2D eigenvalue weighted by Gasteiger charge is 2.52. The summed E-state index contributed by atoms with van der Waals surface area (Å²) in [7, 11) is 0. The molecule has 86 valence electrons. The summed E-state index contributed by atoms with van der Waals surface area (Å²) in [5, 5.41) is 0.881. The summed E-state index contributed by atoms with van der Waals surface area (Å²) < 4.78 is 0. The second kappa shape index (κ2) is 3.75. The van der Waals surface area contributed by atoms with E-state index in [1.165, 1.54) is 37.7 Å². The van der Waals surface area contributed by atoms with Crippen LogP contribution in [0, 0.1) is 5.92 Å². The third kappa shape index (κ3) is 1.49. The van der Waals surface area contributed by atoms with Crippen LogP contribution in [0.15, 0.2) is 18.2 Å². The normalized spacial score (nSPS) is 25.5. The van der Waals surface area contributed by atoms with Crippen molar-refractivity contribution in [2.45, 2.75) is 37.5 Å². The lowest BCUT2D eigenvalue weighted by molar-refractivity contribution is 0.335. The van der Waals surface area contributed by atoms with Crippen LogP contribution in [0.4, 0.5) is 0 Å². The van der Waals surface area contributed by atoms with Gasteiger partial charge in [-0.15, -0.1) is 0 Å². The molecule has 1 saturated carbocycles. The van der Waals surface area contributed by atoms with Crippen LogP contribution < -0.4 is 5.73 Å². The lowest BCUT2D eigenvalue weighted by atomic mass is 9.71. The van der Waals surface area contributed by atoms with Gasteiger partial charge in [-0.05, 0) is 73.2 Å². The summed E-state index contributed by atoms with van der Waals surface area (Å²) in [6, 6.07) is 6.47. The zero-order valence-electron chi connectivity index (χ0n) is 9.51. The molecule has 0 radical (unpaired) electrons. The number of aryl methyl sites for hydroxylation is 1. The van der Waals surface area contributed by atoms with Gasteiger partial charge in [-0.2, -0.15) is 0 Å². The number of halogens is 1. The molecule has 1 atom stereocenters.